The van der Waals surface area contributed by atoms with E-state index in [9.17, 15) is 0 Å². The van der Waals surface area contributed by atoms with Crippen LogP contribution in [0.4, 0.5) is 0 Å². The van der Waals surface area contributed by atoms with E-state index in [-0.39, 0.29) is 20.7 Å². The van der Waals surface area contributed by atoms with Gasteiger partial charge in [-0.15, -0.1) is 0 Å². The first-order chi connectivity index (χ1) is 9.10. The van der Waals surface area contributed by atoms with Gasteiger partial charge in [0.05, 0.1) is 4.90 Å². The van der Waals surface area contributed by atoms with Crippen LogP contribution in [0, 0.1) is 0 Å². The quantitative estimate of drug-likeness (QED) is 0.663. The molecule has 19 heavy (non-hydrogen) atoms. The summed E-state index contributed by atoms with van der Waals surface area (Å²) in [6.45, 7) is 9.66. The van der Waals surface area contributed by atoms with Crippen molar-refractivity contribution in [1.82, 2.24) is 0 Å². The van der Waals surface area contributed by atoms with Gasteiger partial charge in [0, 0.05) is 0 Å². The fourth-order valence-corrected chi connectivity index (χ4v) is 8.80. The summed E-state index contributed by atoms with van der Waals surface area (Å²) in [4.78, 5) is 0.215. The zero-order chi connectivity index (χ0) is 13.9. The standard InChI is InChI=1S/C17H22P2/c1-18(2)17(19(3)4,15-11-7-5-8-12-15)16-13-9-6-10-14-16/h5-14H,1-4H3. The first-order valence-electron chi connectivity index (χ1n) is 6.56. The molecule has 2 rings (SSSR count). The molecule has 0 spiro atoms. The Morgan fingerprint density at radius 1 is 0.579 bits per heavy atom. The Morgan fingerprint density at radius 3 is 1.16 bits per heavy atom. The molecule has 0 aliphatic carbocycles. The van der Waals surface area contributed by atoms with Crippen molar-refractivity contribution in [3.8, 4) is 0 Å². The zero-order valence-electron chi connectivity index (χ0n) is 12.2. The van der Waals surface area contributed by atoms with Gasteiger partial charge in [-0.3, -0.25) is 0 Å². The van der Waals surface area contributed by atoms with E-state index in [0.717, 1.165) is 0 Å². The molecule has 0 radical (unpaired) electrons. The van der Waals surface area contributed by atoms with Gasteiger partial charge in [-0.05, 0) is 37.8 Å². The number of hydrogen-bond donors (Lipinski definition) is 0. The summed E-state index contributed by atoms with van der Waals surface area (Å²) < 4.78 is 0. The highest BCUT2D eigenvalue weighted by Crippen LogP contribution is 2.70. The van der Waals surface area contributed by atoms with Gasteiger partial charge in [0.1, 0.15) is 0 Å². The van der Waals surface area contributed by atoms with E-state index in [1.807, 2.05) is 0 Å². The largest absolute Gasteiger partial charge is 0.0928 e. The topological polar surface area (TPSA) is 0 Å². The molecule has 2 aromatic rings. The van der Waals surface area contributed by atoms with Crippen LogP contribution in [0.3, 0.4) is 0 Å². The van der Waals surface area contributed by atoms with Crippen molar-refractivity contribution in [2.24, 2.45) is 0 Å². The third-order valence-corrected chi connectivity index (χ3v) is 9.67. The molecule has 0 heterocycles. The van der Waals surface area contributed by atoms with Crippen molar-refractivity contribution in [2.45, 2.75) is 4.90 Å². The molecule has 0 fully saturated rings. The minimum Gasteiger partial charge on any atom is -0.0928 e. The molecule has 0 aliphatic heterocycles. The molecule has 0 unspecified atom stereocenters. The summed E-state index contributed by atoms with van der Waals surface area (Å²) in [6, 6.07) is 22.1. The highest BCUT2D eigenvalue weighted by molar-refractivity contribution is 7.75. The number of rotatable bonds is 4. The lowest BCUT2D eigenvalue weighted by atomic mass is 10.0. The Labute approximate surface area is 119 Å². The molecule has 0 nitrogen and oxygen atoms in total. The third-order valence-electron chi connectivity index (χ3n) is 3.65. The highest BCUT2D eigenvalue weighted by atomic mass is 31.2. The molecule has 2 aromatic carbocycles. The molecule has 100 valence electrons. The maximum absolute atomic E-state index is 2.41. The fraction of sp³-hybridized carbons (Fsp3) is 0.294. The van der Waals surface area contributed by atoms with E-state index >= 15 is 0 Å². The summed E-state index contributed by atoms with van der Waals surface area (Å²) in [5.41, 5.74) is 2.96. The lowest BCUT2D eigenvalue weighted by Gasteiger charge is -2.43. The van der Waals surface area contributed by atoms with Crippen LogP contribution in [-0.4, -0.2) is 26.7 Å². The molecular weight excluding hydrogens is 266 g/mol. The molecule has 0 saturated heterocycles. The Hall–Kier alpha value is -0.700. The Morgan fingerprint density at radius 2 is 0.895 bits per heavy atom. The predicted octanol–water partition coefficient (Wildman–Crippen LogP) is 5.37. The van der Waals surface area contributed by atoms with Crippen LogP contribution in [0.2, 0.25) is 0 Å². The Bertz CT molecular complexity index is 454. The highest BCUT2D eigenvalue weighted by Gasteiger charge is 2.40. The molecule has 0 aliphatic rings. The van der Waals surface area contributed by atoms with Crippen molar-refractivity contribution < 1.29 is 0 Å². The van der Waals surface area contributed by atoms with Gasteiger partial charge in [-0.25, -0.2) is 0 Å². The van der Waals surface area contributed by atoms with Gasteiger partial charge in [0.15, 0.2) is 0 Å². The monoisotopic (exact) mass is 288 g/mol. The van der Waals surface area contributed by atoms with Crippen molar-refractivity contribution in [2.75, 3.05) is 26.7 Å². The maximum Gasteiger partial charge on any atom is 0.0585 e. The molecule has 0 atom stereocenters. The lowest BCUT2D eigenvalue weighted by Crippen LogP contribution is -2.22. The predicted molar refractivity (Wildman–Crippen MR) is 91.2 cm³/mol. The molecule has 0 saturated carbocycles. The molecule has 2 heteroatoms. The average molecular weight is 288 g/mol. The minimum atomic E-state index is -0.111. The van der Waals surface area contributed by atoms with Gasteiger partial charge in [-0.2, -0.15) is 0 Å². The number of hydrogen-bond acceptors (Lipinski definition) is 0. The van der Waals surface area contributed by atoms with Gasteiger partial charge in [0.25, 0.3) is 0 Å². The van der Waals surface area contributed by atoms with Gasteiger partial charge in [-0.1, -0.05) is 76.5 Å². The summed E-state index contributed by atoms with van der Waals surface area (Å²) in [6.07, 6.45) is 0. The van der Waals surface area contributed by atoms with Gasteiger partial charge in [0.2, 0.25) is 0 Å². The second kappa shape index (κ2) is 6.17. The second-order valence-electron chi connectivity index (χ2n) is 5.19. The SMILES string of the molecule is CP(C)C(c1ccccc1)(c1ccccc1)P(C)C. The number of benzene rings is 2. The smallest absolute Gasteiger partial charge is 0.0585 e. The van der Waals surface area contributed by atoms with E-state index in [4.69, 9.17) is 0 Å². The van der Waals surface area contributed by atoms with Crippen molar-refractivity contribution in [3.63, 3.8) is 0 Å². The van der Waals surface area contributed by atoms with Crippen LogP contribution < -0.4 is 0 Å². The molecular formula is C17H22P2. The van der Waals surface area contributed by atoms with Crippen LogP contribution in [0.5, 0.6) is 0 Å². The van der Waals surface area contributed by atoms with E-state index < -0.39 is 0 Å². The lowest BCUT2D eigenvalue weighted by molar-refractivity contribution is 1.03. The van der Waals surface area contributed by atoms with Crippen molar-refractivity contribution >= 4 is 15.8 Å². The van der Waals surface area contributed by atoms with E-state index in [1.165, 1.54) is 11.1 Å². The summed E-state index contributed by atoms with van der Waals surface area (Å²) >= 11 is 0. The fourth-order valence-electron chi connectivity index (χ4n) is 2.94. The zero-order valence-corrected chi connectivity index (χ0v) is 14.0. The molecule has 0 bridgehead atoms. The van der Waals surface area contributed by atoms with E-state index in [1.54, 1.807) is 0 Å². The van der Waals surface area contributed by atoms with Crippen LogP contribution >= 0.6 is 15.8 Å². The molecule has 0 amide bonds. The van der Waals surface area contributed by atoms with Crippen LogP contribution in [0.25, 0.3) is 0 Å². The first-order valence-corrected chi connectivity index (χ1v) is 11.0. The summed E-state index contributed by atoms with van der Waals surface area (Å²) in [5, 5.41) is 0. The minimum absolute atomic E-state index is 0.111. The Kier molecular flexibility index (Phi) is 4.77. The van der Waals surface area contributed by atoms with Crippen molar-refractivity contribution in [1.29, 1.82) is 0 Å². The van der Waals surface area contributed by atoms with Crippen molar-refractivity contribution in [3.05, 3.63) is 71.8 Å². The summed E-state index contributed by atoms with van der Waals surface area (Å²) in [7, 11) is -0.223. The van der Waals surface area contributed by atoms with Gasteiger partial charge < -0.3 is 0 Å². The van der Waals surface area contributed by atoms with Crippen LogP contribution in [-0.2, 0) is 4.90 Å². The first kappa shape index (κ1) is 14.7. The van der Waals surface area contributed by atoms with E-state index in [0.29, 0.717) is 0 Å². The van der Waals surface area contributed by atoms with Gasteiger partial charge >= 0.3 is 0 Å². The Balaban J connectivity index is 2.69. The normalized spacial score (nSPS) is 12.1. The summed E-state index contributed by atoms with van der Waals surface area (Å²) in [5.74, 6) is 0. The maximum atomic E-state index is 2.41. The van der Waals surface area contributed by atoms with Crippen LogP contribution in [0.15, 0.2) is 60.7 Å². The second-order valence-corrected chi connectivity index (χ2v) is 10.5. The van der Waals surface area contributed by atoms with Crippen LogP contribution in [0.1, 0.15) is 11.1 Å². The molecule has 0 N–H and O–H groups in total. The third kappa shape index (κ3) is 2.62. The molecule has 0 aromatic heterocycles. The van der Waals surface area contributed by atoms with E-state index in [2.05, 4.69) is 87.3 Å². The average Bonchev–Trinajstić information content (AvgIpc) is 2.41.